The van der Waals surface area contributed by atoms with Crippen LogP contribution in [0.15, 0.2) is 59.0 Å². The summed E-state index contributed by atoms with van der Waals surface area (Å²) in [5, 5.41) is 4.47. The number of nitrogens with one attached hydrogen (secondary N) is 1. The first-order valence-corrected chi connectivity index (χ1v) is 9.07. The molecule has 134 valence electrons. The van der Waals surface area contributed by atoms with Crippen molar-refractivity contribution in [3.8, 4) is 11.5 Å². The maximum Gasteiger partial charge on any atom is 0.292 e. The van der Waals surface area contributed by atoms with Crippen LogP contribution >= 0.6 is 12.2 Å². The Morgan fingerprint density at radius 3 is 2.42 bits per heavy atom. The molecule has 2 heterocycles. The number of hydrogen-bond donors (Lipinski definition) is 1. The monoisotopic (exact) mass is 371 g/mol. The highest BCUT2D eigenvalue weighted by molar-refractivity contribution is 7.71. The van der Waals surface area contributed by atoms with Gasteiger partial charge in [-0.2, -0.15) is 4.68 Å². The van der Waals surface area contributed by atoms with Crippen molar-refractivity contribution in [2.45, 2.75) is 6.67 Å². The molecule has 5 nitrogen and oxygen atoms in total. The summed E-state index contributed by atoms with van der Waals surface area (Å²) < 4.78 is 20.4. The van der Waals surface area contributed by atoms with Gasteiger partial charge in [0.1, 0.15) is 5.82 Å². The fourth-order valence-electron chi connectivity index (χ4n) is 3.21. The lowest BCUT2D eigenvalue weighted by atomic mass is 10.2. The molecule has 1 aromatic heterocycles. The maximum atomic E-state index is 13.1. The molecule has 0 saturated carbocycles. The van der Waals surface area contributed by atoms with Crippen LogP contribution in [0.5, 0.6) is 0 Å². The van der Waals surface area contributed by atoms with Crippen LogP contribution in [-0.4, -0.2) is 36.0 Å². The maximum absolute atomic E-state index is 13.1. The van der Waals surface area contributed by atoms with Crippen LogP contribution in [0.25, 0.3) is 11.5 Å². The quantitative estimate of drug-likeness (QED) is 0.715. The zero-order chi connectivity index (χ0) is 17.9. The summed E-state index contributed by atoms with van der Waals surface area (Å²) in [6.45, 7) is 4.68. The van der Waals surface area contributed by atoms with Crippen LogP contribution in [0, 0.1) is 10.7 Å². The third-order valence-electron chi connectivity index (χ3n) is 4.66. The van der Waals surface area contributed by atoms with E-state index in [4.69, 9.17) is 16.6 Å². The highest BCUT2D eigenvalue weighted by Gasteiger charge is 2.21. The highest BCUT2D eigenvalue weighted by Crippen LogP contribution is 2.18. The number of nitrogens with zero attached hydrogens (tertiary/aromatic N) is 3. The van der Waals surface area contributed by atoms with E-state index >= 15 is 0 Å². The summed E-state index contributed by atoms with van der Waals surface area (Å²) in [4.78, 5) is 4.16. The van der Waals surface area contributed by atoms with E-state index in [2.05, 4.69) is 34.3 Å². The molecular weight excluding hydrogens is 351 g/mol. The molecular formula is C19H20FN4OS+. The van der Waals surface area contributed by atoms with E-state index < -0.39 is 0 Å². The Bertz CT molecular complexity index is 915. The standard InChI is InChI=1S/C19H19FN4OS/c20-16-8-6-15(7-9-16)18-21-24(19(26)25-18)14-22-10-12-23(13-11-22)17-4-2-1-3-5-17/h1-9H,10-14H2/p+1. The van der Waals surface area contributed by atoms with Crippen LogP contribution in [-0.2, 0) is 6.67 Å². The second kappa shape index (κ2) is 7.39. The van der Waals surface area contributed by atoms with E-state index in [1.165, 1.54) is 22.7 Å². The van der Waals surface area contributed by atoms with Gasteiger partial charge in [0.25, 0.3) is 4.84 Å². The number of hydrogen-bond acceptors (Lipinski definition) is 4. The van der Waals surface area contributed by atoms with Crippen molar-refractivity contribution >= 4 is 17.9 Å². The Labute approximate surface area is 156 Å². The first kappa shape index (κ1) is 16.9. The second-order valence-electron chi connectivity index (χ2n) is 6.41. The molecule has 0 unspecified atom stereocenters. The second-order valence-corrected chi connectivity index (χ2v) is 6.76. The molecule has 0 spiro atoms. The summed E-state index contributed by atoms with van der Waals surface area (Å²) in [5.41, 5.74) is 1.99. The highest BCUT2D eigenvalue weighted by atomic mass is 32.1. The molecule has 1 aliphatic heterocycles. The molecule has 1 fully saturated rings. The number of rotatable bonds is 4. The van der Waals surface area contributed by atoms with Gasteiger partial charge in [-0.3, -0.25) is 0 Å². The number of quaternary nitrogens is 1. The van der Waals surface area contributed by atoms with Crippen LogP contribution < -0.4 is 9.80 Å². The van der Waals surface area contributed by atoms with Crippen LogP contribution in [0.4, 0.5) is 10.1 Å². The normalized spacial score (nSPS) is 15.3. The van der Waals surface area contributed by atoms with Crippen molar-refractivity contribution in [1.82, 2.24) is 9.78 Å². The Balaban J connectivity index is 1.41. The van der Waals surface area contributed by atoms with E-state index in [9.17, 15) is 4.39 Å². The summed E-state index contributed by atoms with van der Waals surface area (Å²) in [5.74, 6) is 0.143. The smallest absolute Gasteiger partial charge is 0.292 e. The third kappa shape index (κ3) is 3.68. The minimum Gasteiger partial charge on any atom is -0.409 e. The van der Waals surface area contributed by atoms with Crippen molar-refractivity contribution in [3.05, 3.63) is 65.3 Å². The predicted molar refractivity (Wildman–Crippen MR) is 100 cm³/mol. The van der Waals surface area contributed by atoms with Crippen molar-refractivity contribution in [2.75, 3.05) is 31.1 Å². The Kier molecular flexibility index (Phi) is 4.81. The van der Waals surface area contributed by atoms with Gasteiger partial charge >= 0.3 is 0 Å². The molecule has 1 saturated heterocycles. The minimum absolute atomic E-state index is 0.285. The van der Waals surface area contributed by atoms with Gasteiger partial charge in [0.05, 0.1) is 26.2 Å². The molecule has 0 radical (unpaired) electrons. The molecule has 0 bridgehead atoms. The topological polar surface area (TPSA) is 38.6 Å². The average Bonchev–Trinajstić information content (AvgIpc) is 3.04. The fourth-order valence-corrected chi connectivity index (χ4v) is 3.39. The number of aromatic nitrogens is 2. The van der Waals surface area contributed by atoms with E-state index in [1.54, 1.807) is 16.8 Å². The number of piperazine rings is 1. The zero-order valence-corrected chi connectivity index (χ0v) is 15.1. The zero-order valence-electron chi connectivity index (χ0n) is 14.3. The largest absolute Gasteiger partial charge is 0.409 e. The van der Waals surface area contributed by atoms with Crippen LogP contribution in [0.1, 0.15) is 0 Å². The predicted octanol–water partition coefficient (Wildman–Crippen LogP) is 2.37. The summed E-state index contributed by atoms with van der Waals surface area (Å²) in [6, 6.07) is 16.5. The lowest BCUT2D eigenvalue weighted by Crippen LogP contribution is -3.14. The van der Waals surface area contributed by atoms with Crippen molar-refractivity contribution in [2.24, 2.45) is 0 Å². The van der Waals surface area contributed by atoms with Crippen LogP contribution in [0.3, 0.4) is 0 Å². The molecule has 0 amide bonds. The van der Waals surface area contributed by atoms with E-state index in [-0.39, 0.29) is 5.82 Å². The van der Waals surface area contributed by atoms with Gasteiger partial charge in [-0.15, -0.1) is 5.10 Å². The molecule has 0 aliphatic carbocycles. The summed E-state index contributed by atoms with van der Waals surface area (Å²) in [6.07, 6.45) is 0. The molecule has 3 aromatic rings. The Morgan fingerprint density at radius 2 is 1.73 bits per heavy atom. The third-order valence-corrected chi connectivity index (χ3v) is 4.96. The van der Waals surface area contributed by atoms with Gasteiger partial charge in [-0.1, -0.05) is 18.2 Å². The van der Waals surface area contributed by atoms with Gasteiger partial charge in [-0.25, -0.2) is 4.39 Å². The molecule has 1 N–H and O–H groups in total. The van der Waals surface area contributed by atoms with Gasteiger partial charge in [-0.05, 0) is 48.6 Å². The summed E-state index contributed by atoms with van der Waals surface area (Å²) in [7, 11) is 0. The number of anilines is 1. The molecule has 2 aromatic carbocycles. The van der Waals surface area contributed by atoms with Crippen molar-refractivity contribution in [3.63, 3.8) is 0 Å². The molecule has 0 atom stereocenters. The lowest BCUT2D eigenvalue weighted by Gasteiger charge is -2.33. The van der Waals surface area contributed by atoms with E-state index in [0.29, 0.717) is 17.4 Å². The Hall–Kier alpha value is -2.51. The van der Waals surface area contributed by atoms with Crippen molar-refractivity contribution in [1.29, 1.82) is 0 Å². The van der Waals surface area contributed by atoms with Crippen molar-refractivity contribution < 1.29 is 13.7 Å². The van der Waals surface area contributed by atoms with Gasteiger partial charge in [0.15, 0.2) is 6.67 Å². The number of halogens is 1. The average molecular weight is 371 g/mol. The van der Waals surface area contributed by atoms with E-state index in [1.807, 2.05) is 6.07 Å². The fraction of sp³-hybridized carbons (Fsp3) is 0.263. The lowest BCUT2D eigenvalue weighted by molar-refractivity contribution is -0.924. The SMILES string of the molecule is Fc1ccc(-c2nn(C[NH+]3CCN(c4ccccc4)CC3)c(=S)o2)cc1. The molecule has 1 aliphatic rings. The molecule has 4 rings (SSSR count). The minimum atomic E-state index is -0.285. The number of benzene rings is 2. The van der Waals surface area contributed by atoms with Gasteiger partial charge in [0, 0.05) is 11.3 Å². The molecule has 7 heteroatoms. The number of para-hydroxylation sites is 1. The van der Waals surface area contributed by atoms with Gasteiger partial charge in [0.2, 0.25) is 5.89 Å². The van der Waals surface area contributed by atoms with Gasteiger partial charge < -0.3 is 14.2 Å². The Morgan fingerprint density at radius 1 is 1.04 bits per heavy atom. The summed E-state index contributed by atoms with van der Waals surface area (Å²) >= 11 is 5.30. The first-order valence-electron chi connectivity index (χ1n) is 8.66. The van der Waals surface area contributed by atoms with Crippen LogP contribution in [0.2, 0.25) is 0 Å². The first-order chi connectivity index (χ1) is 12.7. The molecule has 26 heavy (non-hydrogen) atoms. The van der Waals surface area contributed by atoms with E-state index in [0.717, 1.165) is 31.7 Å².